The molecule has 0 aliphatic carbocycles. The maximum Gasteiger partial charge on any atom is 0.338 e. The molecule has 0 fully saturated rings. The van der Waals surface area contributed by atoms with Gasteiger partial charge in [-0.2, -0.15) is 0 Å². The molecule has 2 aromatic carbocycles. The molecule has 9 heteroatoms. The predicted octanol–water partition coefficient (Wildman–Crippen LogP) is 2.73. The second-order valence-corrected chi connectivity index (χ2v) is 8.68. The van der Waals surface area contributed by atoms with Crippen molar-refractivity contribution in [2.24, 2.45) is 4.99 Å². The second-order valence-electron chi connectivity index (χ2n) is 7.68. The summed E-state index contributed by atoms with van der Waals surface area (Å²) < 4.78 is 18.0. The Morgan fingerprint density at radius 1 is 1.11 bits per heavy atom. The van der Waals surface area contributed by atoms with Crippen molar-refractivity contribution in [2.45, 2.75) is 26.8 Å². The number of carbonyl (C=O) groups is 2. The second kappa shape index (κ2) is 10.1. The van der Waals surface area contributed by atoms with Crippen LogP contribution in [0.1, 0.15) is 37.9 Å². The van der Waals surface area contributed by atoms with E-state index in [0.717, 1.165) is 0 Å². The molecule has 0 saturated carbocycles. The van der Waals surface area contributed by atoms with Crippen LogP contribution in [0.25, 0.3) is 6.08 Å². The molecule has 0 N–H and O–H groups in total. The molecule has 0 amide bonds. The molecule has 0 spiro atoms. The number of hydrogen-bond donors (Lipinski definition) is 0. The topological polar surface area (TPSA) is 96.2 Å². The van der Waals surface area contributed by atoms with E-state index in [4.69, 9.17) is 14.2 Å². The van der Waals surface area contributed by atoms with E-state index in [-0.39, 0.29) is 17.7 Å². The summed E-state index contributed by atoms with van der Waals surface area (Å²) in [5, 5.41) is 0. The molecule has 8 nitrogen and oxygen atoms in total. The van der Waals surface area contributed by atoms with Gasteiger partial charge in [0.2, 0.25) is 0 Å². The van der Waals surface area contributed by atoms with Crippen LogP contribution in [0.5, 0.6) is 11.5 Å². The SMILES string of the molecule is CCOC(=O)C1=C(C)N=c2sc(=Cc3ccccc3OC(C)=O)c(=O)n2C1c1ccccc1OC. The zero-order chi connectivity index (χ0) is 25.1. The van der Waals surface area contributed by atoms with Crippen molar-refractivity contribution in [3.63, 3.8) is 0 Å². The smallest absolute Gasteiger partial charge is 0.338 e. The lowest BCUT2D eigenvalue weighted by Gasteiger charge is -2.25. The van der Waals surface area contributed by atoms with Crippen LogP contribution in [0, 0.1) is 0 Å². The first-order chi connectivity index (χ1) is 16.8. The number of aromatic nitrogens is 1. The summed E-state index contributed by atoms with van der Waals surface area (Å²) in [7, 11) is 1.54. The Hall–Kier alpha value is -3.98. The van der Waals surface area contributed by atoms with Crippen LogP contribution >= 0.6 is 11.3 Å². The average Bonchev–Trinajstić information content (AvgIpc) is 3.13. The van der Waals surface area contributed by atoms with Crippen molar-refractivity contribution >= 4 is 29.4 Å². The molecular weight excluding hydrogens is 468 g/mol. The maximum atomic E-state index is 13.7. The van der Waals surface area contributed by atoms with Crippen molar-refractivity contribution in [1.29, 1.82) is 0 Å². The standard InChI is InChI=1S/C26H24N2O6S/c1-5-33-25(31)22-15(2)27-26-28(23(22)18-11-7-9-13-20(18)32-4)24(30)21(35-26)14-17-10-6-8-12-19(17)34-16(3)29/h6-14,23H,5H2,1-4H3. The van der Waals surface area contributed by atoms with Gasteiger partial charge in [-0.25, -0.2) is 9.79 Å². The van der Waals surface area contributed by atoms with Crippen LogP contribution in [0.2, 0.25) is 0 Å². The van der Waals surface area contributed by atoms with E-state index in [2.05, 4.69) is 4.99 Å². The van der Waals surface area contributed by atoms with Gasteiger partial charge in [-0.05, 0) is 32.1 Å². The Morgan fingerprint density at radius 3 is 2.49 bits per heavy atom. The van der Waals surface area contributed by atoms with Crippen molar-refractivity contribution < 1.29 is 23.8 Å². The number of nitrogens with zero attached hydrogens (tertiary/aromatic N) is 2. The summed E-state index contributed by atoms with van der Waals surface area (Å²) in [5.74, 6) is -0.128. The summed E-state index contributed by atoms with van der Waals surface area (Å²) in [6.45, 7) is 4.95. The Balaban J connectivity index is 1.98. The number of esters is 2. The summed E-state index contributed by atoms with van der Waals surface area (Å²) in [4.78, 5) is 43.3. The molecule has 35 heavy (non-hydrogen) atoms. The molecule has 1 aliphatic rings. The van der Waals surface area contributed by atoms with Crippen LogP contribution in [-0.4, -0.2) is 30.2 Å². The van der Waals surface area contributed by atoms with Crippen LogP contribution in [0.3, 0.4) is 0 Å². The number of rotatable bonds is 6. The first kappa shape index (κ1) is 24.2. The van der Waals surface area contributed by atoms with Gasteiger partial charge >= 0.3 is 11.9 Å². The molecule has 1 aliphatic heterocycles. The van der Waals surface area contributed by atoms with Gasteiger partial charge in [0.1, 0.15) is 17.5 Å². The number of ether oxygens (including phenoxy) is 3. The van der Waals surface area contributed by atoms with Crippen molar-refractivity contribution in [1.82, 2.24) is 4.57 Å². The molecule has 4 rings (SSSR count). The average molecular weight is 493 g/mol. The number of methoxy groups -OCH3 is 1. The van der Waals surface area contributed by atoms with Gasteiger partial charge in [-0.3, -0.25) is 14.2 Å². The van der Waals surface area contributed by atoms with Crippen molar-refractivity contribution in [2.75, 3.05) is 13.7 Å². The minimum Gasteiger partial charge on any atom is -0.496 e. The zero-order valence-electron chi connectivity index (χ0n) is 19.7. The van der Waals surface area contributed by atoms with Crippen LogP contribution in [0.4, 0.5) is 0 Å². The van der Waals surface area contributed by atoms with Gasteiger partial charge in [0.25, 0.3) is 5.56 Å². The van der Waals surface area contributed by atoms with Gasteiger partial charge in [0.05, 0.1) is 29.5 Å². The van der Waals surface area contributed by atoms with Crippen LogP contribution < -0.4 is 24.4 Å². The van der Waals surface area contributed by atoms with Gasteiger partial charge < -0.3 is 14.2 Å². The lowest BCUT2D eigenvalue weighted by atomic mass is 9.95. The fraction of sp³-hybridized carbons (Fsp3) is 0.231. The van der Waals surface area contributed by atoms with Gasteiger partial charge in [0, 0.05) is 18.1 Å². The molecule has 1 unspecified atom stereocenters. The Labute approximate surface area is 205 Å². The van der Waals surface area contributed by atoms with E-state index < -0.39 is 18.0 Å². The van der Waals surface area contributed by atoms with E-state index in [1.165, 1.54) is 29.9 Å². The van der Waals surface area contributed by atoms with Gasteiger partial charge in [-0.15, -0.1) is 0 Å². The number of allylic oxidation sites excluding steroid dienone is 1. The van der Waals surface area contributed by atoms with E-state index in [9.17, 15) is 14.4 Å². The third-order valence-electron chi connectivity index (χ3n) is 5.41. The molecule has 2 heterocycles. The summed E-state index contributed by atoms with van der Waals surface area (Å²) in [6, 6.07) is 13.4. The monoisotopic (exact) mass is 492 g/mol. The first-order valence-electron chi connectivity index (χ1n) is 11.0. The van der Waals surface area contributed by atoms with Crippen molar-refractivity contribution in [3.8, 4) is 11.5 Å². The number of thiazole rings is 1. The van der Waals surface area contributed by atoms with Crippen LogP contribution in [-0.2, 0) is 14.3 Å². The lowest BCUT2D eigenvalue weighted by molar-refractivity contribution is -0.139. The Kier molecular flexibility index (Phi) is 6.97. The number of para-hydroxylation sites is 2. The normalized spacial score (nSPS) is 15.3. The fourth-order valence-corrected chi connectivity index (χ4v) is 5.00. The highest BCUT2D eigenvalue weighted by atomic mass is 32.1. The maximum absolute atomic E-state index is 13.7. The van der Waals surface area contributed by atoms with Crippen molar-refractivity contribution in [3.05, 3.63) is 90.6 Å². The highest BCUT2D eigenvalue weighted by Gasteiger charge is 2.34. The molecule has 0 saturated heterocycles. The molecule has 180 valence electrons. The third kappa shape index (κ3) is 4.67. The Morgan fingerprint density at radius 2 is 1.80 bits per heavy atom. The number of fused-ring (bicyclic) bond motifs is 1. The quantitative estimate of drug-likeness (QED) is 0.388. The first-order valence-corrected chi connectivity index (χ1v) is 11.8. The molecule has 0 bridgehead atoms. The minimum absolute atomic E-state index is 0.186. The van der Waals surface area contributed by atoms with Crippen LogP contribution in [0.15, 0.2) is 69.6 Å². The molecule has 3 aromatic rings. The van der Waals surface area contributed by atoms with E-state index in [1.807, 2.05) is 18.2 Å². The summed E-state index contributed by atoms with van der Waals surface area (Å²) >= 11 is 1.19. The van der Waals surface area contributed by atoms with Gasteiger partial charge in [0.15, 0.2) is 4.80 Å². The lowest BCUT2D eigenvalue weighted by Crippen LogP contribution is -2.40. The number of carbonyl (C=O) groups excluding carboxylic acids is 2. The minimum atomic E-state index is -0.785. The zero-order valence-corrected chi connectivity index (χ0v) is 20.5. The van der Waals surface area contributed by atoms with E-state index in [1.54, 1.807) is 50.3 Å². The number of benzene rings is 2. The van der Waals surface area contributed by atoms with E-state index in [0.29, 0.717) is 37.7 Å². The molecule has 0 radical (unpaired) electrons. The summed E-state index contributed by atoms with van der Waals surface area (Å²) in [5.41, 5.74) is 1.61. The van der Waals surface area contributed by atoms with E-state index >= 15 is 0 Å². The highest BCUT2D eigenvalue weighted by Crippen LogP contribution is 2.35. The third-order valence-corrected chi connectivity index (χ3v) is 6.39. The highest BCUT2D eigenvalue weighted by molar-refractivity contribution is 7.07. The van der Waals surface area contributed by atoms with Gasteiger partial charge in [-0.1, -0.05) is 47.7 Å². The summed E-state index contributed by atoms with van der Waals surface area (Å²) in [6.07, 6.45) is 1.66. The molecule has 1 aromatic heterocycles. The molecule has 1 atom stereocenters. The largest absolute Gasteiger partial charge is 0.496 e. The fourth-order valence-electron chi connectivity index (χ4n) is 3.97. The Bertz CT molecular complexity index is 1520. The number of hydrogen-bond acceptors (Lipinski definition) is 8. The predicted molar refractivity (Wildman–Crippen MR) is 131 cm³/mol. The molecular formula is C26H24N2O6S.